The molecular formula is C116H158N9O22+. The first-order valence-electron chi connectivity index (χ1n) is 51.5. The number of para-hydroxylation sites is 5. The molecule has 0 unspecified atom stereocenters. The molecule has 4 amide bonds. The Balaban J connectivity index is 0.000000222. The maximum atomic E-state index is 13.5. The van der Waals surface area contributed by atoms with Gasteiger partial charge in [0.2, 0.25) is 30.4 Å². The number of aliphatic carboxylic acids is 4. The molecule has 5 aliphatic heterocycles. The van der Waals surface area contributed by atoms with Gasteiger partial charge in [-0.25, -0.2) is 4.57 Å². The highest BCUT2D eigenvalue weighted by Gasteiger charge is 2.51. The van der Waals surface area contributed by atoms with Crippen LogP contribution in [0.4, 0.5) is 5.69 Å². The summed E-state index contributed by atoms with van der Waals surface area (Å²) in [6, 6.07) is 67.8. The summed E-state index contributed by atoms with van der Waals surface area (Å²) in [6.45, 7) is 23.2. The number of rotatable bonds is 44. The van der Waals surface area contributed by atoms with Gasteiger partial charge in [0.05, 0.1) is 106 Å². The van der Waals surface area contributed by atoms with Gasteiger partial charge in [-0.15, -0.1) is 0 Å². The number of likely N-dealkylation sites (N-methyl/N-ethyl adjacent to an activating group) is 1. The number of fused-ring (bicyclic) bond motifs is 1. The van der Waals surface area contributed by atoms with Crippen LogP contribution in [0.3, 0.4) is 0 Å². The van der Waals surface area contributed by atoms with Crippen molar-refractivity contribution in [1.82, 2.24) is 35.1 Å². The molecule has 4 fully saturated rings. The van der Waals surface area contributed by atoms with Crippen molar-refractivity contribution in [3.63, 3.8) is 0 Å². The monoisotopic (exact) mass is 2030 g/mol. The molecule has 798 valence electrons. The summed E-state index contributed by atoms with van der Waals surface area (Å²) in [4.78, 5) is 112. The number of anilines is 1. The zero-order chi connectivity index (χ0) is 107. The molecule has 147 heavy (non-hydrogen) atoms. The van der Waals surface area contributed by atoms with Crippen molar-refractivity contribution in [1.29, 1.82) is 0 Å². The summed E-state index contributed by atoms with van der Waals surface area (Å²) in [7, 11) is 13.3. The minimum Gasteiger partial charge on any atom is -0.497 e. The number of aromatic nitrogens is 1. The number of carboxylic acid groups (broad SMARTS) is 4. The van der Waals surface area contributed by atoms with Gasteiger partial charge in [0, 0.05) is 113 Å². The normalized spacial score (nSPS) is 19.4. The lowest BCUT2D eigenvalue weighted by molar-refractivity contribution is -0.670. The largest absolute Gasteiger partial charge is 0.497 e. The van der Waals surface area contributed by atoms with Gasteiger partial charge in [0.1, 0.15) is 47.2 Å². The lowest BCUT2D eigenvalue weighted by Crippen LogP contribution is -2.45. The molecule has 31 heteroatoms. The number of hydrogen-bond acceptors (Lipinski definition) is 22. The highest BCUT2D eigenvalue weighted by atomic mass is 16.7. The number of ether oxygens (including phenoxy) is 10. The van der Waals surface area contributed by atoms with Crippen molar-refractivity contribution >= 4 is 53.2 Å². The number of carboxylic acids is 4. The Morgan fingerprint density at radius 2 is 0.721 bits per heavy atom. The fourth-order valence-corrected chi connectivity index (χ4v) is 19.7. The molecule has 6 heterocycles. The summed E-state index contributed by atoms with van der Waals surface area (Å²) in [5, 5.41) is 46.0. The van der Waals surface area contributed by atoms with Crippen LogP contribution < -0.4 is 67.5 Å². The Morgan fingerprint density at radius 3 is 1.09 bits per heavy atom. The van der Waals surface area contributed by atoms with E-state index in [9.17, 15) is 58.8 Å². The van der Waals surface area contributed by atoms with Crippen LogP contribution in [-0.2, 0) is 45.4 Å². The molecule has 0 spiro atoms. The summed E-state index contributed by atoms with van der Waals surface area (Å²) in [5.41, 5.74) is 4.66. The molecule has 1 aromatic heterocycles. The average molecular weight is 2030 g/mol. The van der Waals surface area contributed by atoms with Gasteiger partial charge in [0.25, 0.3) is 0 Å². The maximum Gasteiger partial charge on any atom is 0.308 e. The quantitative estimate of drug-likeness (QED) is 0.0153. The van der Waals surface area contributed by atoms with Crippen LogP contribution in [-0.4, -0.2) is 265 Å². The molecular weight excluding hydrogens is 1870 g/mol. The number of aryl methyl sites for hydroxylation is 1. The number of hydrogen-bond donors (Lipinski definition) is 6. The first-order chi connectivity index (χ1) is 71.2. The Bertz CT molecular complexity index is 5310. The minimum atomic E-state index is -0.895. The Morgan fingerprint density at radius 1 is 0.374 bits per heavy atom. The van der Waals surface area contributed by atoms with E-state index in [-0.39, 0.29) is 111 Å². The third-order valence-corrected chi connectivity index (χ3v) is 27.4. The van der Waals surface area contributed by atoms with E-state index in [1.807, 2.05) is 290 Å². The van der Waals surface area contributed by atoms with Crippen molar-refractivity contribution in [2.24, 2.45) is 30.7 Å². The Kier molecular flexibility index (Phi) is 51.5. The smallest absolute Gasteiger partial charge is 0.308 e. The average Bonchev–Trinajstić information content (AvgIpc) is 1.64. The lowest BCUT2D eigenvalue weighted by atomic mass is 9.84. The van der Waals surface area contributed by atoms with Crippen LogP contribution in [0.15, 0.2) is 231 Å². The highest BCUT2D eigenvalue weighted by molar-refractivity contribution is 5.95. The summed E-state index contributed by atoms with van der Waals surface area (Å²) in [6.07, 6.45) is 14.2. The van der Waals surface area contributed by atoms with Crippen LogP contribution in [0.2, 0.25) is 0 Å². The topological polar surface area (TPSA) is 357 Å². The Labute approximate surface area is 869 Å². The van der Waals surface area contributed by atoms with E-state index in [1.54, 1.807) is 49.8 Å². The van der Waals surface area contributed by atoms with Crippen molar-refractivity contribution in [2.75, 3.05) is 153 Å². The fourth-order valence-electron chi connectivity index (χ4n) is 19.7. The van der Waals surface area contributed by atoms with Gasteiger partial charge in [-0.2, -0.15) is 0 Å². The standard InChI is InChI=1S/C27H34N2O7.C26H35N3O4.C22H34N2O4.C20H30N2O4.3C7H8O/c1-3-4-12-28-25(30)16-29-15-19(18-9-10-23-24(14-18)36-17-35-23)26(27(31)32)20(29)11-13-34-22-8-6-5-7-21(22)33-2;1-5-7-15-29(20-9-8-14-27(3)16-20)24(30)18-28-17-22(25(26(31)32)23(28)6-2)19-10-12-21(33-4)13-11-19;1-5-8-13-23(7-3)20(25)15-24-14-18(21(22(26)27)19(24)6-2)16-9-11-17(28-4)12-10-16;1-4-6-11-21-18(23)13-22-12-16(19(20(24)25)17(22)5-2)14-7-9-15(26-3)10-8-14;3*1-8-7-5-3-2-4-6-7/h5-10,14,19-20,26H,3-4,11-13,15-17H2,1-2H3,(H,28,30)(H,31,32);8-14,16,22-23,25H,5-7,15,17-18H2,1-4H3;9-12,18-19,21H,5-8,13-15H2,1-4H3,(H,26,27);7-10,16-17,19H,4-6,11-13H2,1-3H3,(H,21,23)(H,24,25);3*2-6H,1H3/p+1/t19-,20+,26-;22-,23+,25-;18-,19+,21-;16-,17+,19-;;;/m1111.../s1. The summed E-state index contributed by atoms with van der Waals surface area (Å²) >= 11 is 0. The van der Waals surface area contributed by atoms with E-state index in [2.05, 4.69) is 48.1 Å². The van der Waals surface area contributed by atoms with Crippen LogP contribution in [0.5, 0.6) is 57.5 Å². The van der Waals surface area contributed by atoms with Crippen LogP contribution in [0.1, 0.15) is 178 Å². The van der Waals surface area contributed by atoms with E-state index in [1.165, 1.54) is 0 Å². The predicted molar refractivity (Wildman–Crippen MR) is 569 cm³/mol. The second-order valence-corrected chi connectivity index (χ2v) is 36.7. The number of pyridine rings is 1. The van der Waals surface area contributed by atoms with Gasteiger partial charge in [0.15, 0.2) is 35.4 Å². The molecule has 14 rings (SSSR count). The molecule has 4 saturated heterocycles. The van der Waals surface area contributed by atoms with Gasteiger partial charge in [-0.05, 0) is 184 Å². The summed E-state index contributed by atoms with van der Waals surface area (Å²) in [5.74, 6) is 1.06. The number of carbonyl (C=O) groups excluding carboxylic acids is 4. The number of amides is 4. The first kappa shape index (κ1) is 119. The number of carbonyl (C=O) groups is 8. The molecule has 0 radical (unpaired) electrons. The molecule has 31 nitrogen and oxygen atoms in total. The molecule has 0 aliphatic carbocycles. The molecule has 9 aromatic rings. The number of methoxy groups -OCH3 is 7. The van der Waals surface area contributed by atoms with Gasteiger partial charge >= 0.3 is 23.9 Å². The van der Waals surface area contributed by atoms with E-state index < -0.39 is 47.5 Å². The van der Waals surface area contributed by atoms with Gasteiger partial charge in [-0.1, -0.05) is 183 Å². The van der Waals surface area contributed by atoms with Crippen molar-refractivity contribution < 1.29 is 111 Å². The van der Waals surface area contributed by atoms with Crippen LogP contribution in [0, 0.1) is 23.7 Å². The minimum absolute atomic E-state index is 0.00706. The third-order valence-electron chi connectivity index (χ3n) is 27.4. The number of unbranched alkanes of at least 4 members (excludes halogenated alkanes) is 4. The lowest BCUT2D eigenvalue weighted by Gasteiger charge is -2.28. The third kappa shape index (κ3) is 36.0. The van der Waals surface area contributed by atoms with Gasteiger partial charge in [-0.3, -0.25) is 58.0 Å². The second kappa shape index (κ2) is 63.8. The van der Waals surface area contributed by atoms with Crippen molar-refractivity contribution in [3.05, 3.63) is 253 Å². The zero-order valence-electron chi connectivity index (χ0n) is 88.7. The number of likely N-dealkylation sites (tertiary alicyclic amines) is 4. The van der Waals surface area contributed by atoms with Crippen molar-refractivity contribution in [3.8, 4) is 57.5 Å². The van der Waals surface area contributed by atoms with Crippen LogP contribution in [0.25, 0.3) is 0 Å². The number of nitrogens with one attached hydrogen (secondary N) is 2. The Hall–Kier alpha value is -13.5. The van der Waals surface area contributed by atoms with E-state index >= 15 is 0 Å². The first-order valence-corrected chi connectivity index (χ1v) is 51.5. The molecule has 6 N–H and O–H groups in total. The van der Waals surface area contributed by atoms with E-state index in [4.69, 9.17) is 47.4 Å². The van der Waals surface area contributed by atoms with E-state index in [0.717, 1.165) is 120 Å². The molecule has 12 atom stereocenters. The fraction of sp³-hybridized carbons (Fsp3) is 0.474. The molecule has 8 aromatic carbocycles. The predicted octanol–water partition coefficient (Wildman–Crippen LogP) is 17.3. The number of benzene rings is 8. The zero-order valence-corrected chi connectivity index (χ0v) is 88.7. The van der Waals surface area contributed by atoms with E-state index in [0.29, 0.717) is 101 Å². The second-order valence-electron chi connectivity index (χ2n) is 36.7. The number of nitrogens with zero attached hydrogens (tertiary/aromatic N) is 7. The molecule has 5 aliphatic rings. The molecule has 0 saturated carbocycles. The van der Waals surface area contributed by atoms with Crippen molar-refractivity contribution in [2.45, 2.75) is 180 Å². The summed E-state index contributed by atoms with van der Waals surface area (Å²) < 4.78 is 54.6. The SMILES string of the molecule is CCCCN(C(=O)CN1C[C@H](c2ccc(OC)cc2)[C@@H](C(=O)O)[C@@H]1CC)c1ccc[n+](C)c1.CCCCN(CC)C(=O)CN1C[C@H](c2ccc(OC)cc2)[C@@H](C(=O)O)[C@@H]1CC.CCCCNC(=O)CN1C[C@H](c2ccc(OC)cc2)[C@@H](C(=O)O)[C@@H]1CC.CCCCNC(=O)CN1C[C@H](c2ccc3c(c2)OCO3)[C@@H](C(=O)O)[C@@H]1CCOc1ccccc1OC.COc1ccccc1.COc1ccccc1.COc1ccccc1. The highest BCUT2D eigenvalue weighted by Crippen LogP contribution is 2.46. The maximum absolute atomic E-state index is 13.5. The van der Waals surface area contributed by atoms with Gasteiger partial charge < -0.3 is 88.2 Å². The van der Waals surface area contributed by atoms with Crippen LogP contribution >= 0.6 is 0 Å². The molecule has 0 bridgehead atoms.